The molecule has 0 radical (unpaired) electrons. The van der Waals surface area contributed by atoms with Gasteiger partial charge in [0.2, 0.25) is 5.91 Å². The van der Waals surface area contributed by atoms with Crippen LogP contribution in [0.3, 0.4) is 0 Å². The Morgan fingerprint density at radius 1 is 1.35 bits per heavy atom. The Balaban J connectivity index is 1.58. The molecule has 0 aliphatic heterocycles. The molecular weight excluding hydrogens is 406 g/mol. The van der Waals surface area contributed by atoms with E-state index in [1.807, 2.05) is 18.2 Å². The smallest absolute Gasteiger partial charge is 0.282 e. The van der Waals surface area contributed by atoms with E-state index in [1.165, 1.54) is 10.7 Å². The molecule has 3 aromatic rings. The summed E-state index contributed by atoms with van der Waals surface area (Å²) in [5.41, 5.74) is 1.65. The minimum atomic E-state index is -2.64. The molecule has 1 aliphatic rings. The van der Waals surface area contributed by atoms with Crippen LogP contribution < -0.4 is 5.32 Å². The maximum Gasteiger partial charge on any atom is 0.282 e. The molecule has 0 saturated heterocycles. The number of fused-ring (bicyclic) bond motifs is 1. The number of anilines is 1. The van der Waals surface area contributed by atoms with E-state index in [2.05, 4.69) is 31.3 Å². The normalized spacial score (nSPS) is 14.2. The molecule has 2 aromatic heterocycles. The number of rotatable bonds is 5. The van der Waals surface area contributed by atoms with Crippen molar-refractivity contribution < 1.29 is 13.6 Å². The molecule has 0 unspecified atom stereocenters. The highest BCUT2D eigenvalue weighted by Crippen LogP contribution is 2.41. The van der Waals surface area contributed by atoms with Gasteiger partial charge in [0, 0.05) is 27.7 Å². The zero-order chi connectivity index (χ0) is 18.3. The zero-order valence-electron chi connectivity index (χ0n) is 13.6. The van der Waals surface area contributed by atoms with Gasteiger partial charge in [-0.3, -0.25) is 14.5 Å². The number of nitrogens with one attached hydrogen (secondary N) is 1. The molecule has 1 fully saturated rings. The minimum Gasteiger partial charge on any atom is -0.323 e. The minimum absolute atomic E-state index is 0.108. The van der Waals surface area contributed by atoms with Gasteiger partial charge >= 0.3 is 0 Å². The molecule has 2 heterocycles. The zero-order valence-corrected chi connectivity index (χ0v) is 15.2. The van der Waals surface area contributed by atoms with Crippen LogP contribution in [0.2, 0.25) is 0 Å². The van der Waals surface area contributed by atoms with E-state index in [0.717, 1.165) is 22.7 Å². The van der Waals surface area contributed by atoms with Crippen molar-refractivity contribution in [2.45, 2.75) is 31.7 Å². The van der Waals surface area contributed by atoms with Crippen molar-refractivity contribution in [2.24, 2.45) is 0 Å². The first-order valence-corrected chi connectivity index (χ1v) is 9.01. The number of carbonyl (C=O) groups is 1. The monoisotopic (exact) mass is 420 g/mol. The Kier molecular flexibility index (Phi) is 4.44. The Morgan fingerprint density at radius 3 is 2.88 bits per heavy atom. The van der Waals surface area contributed by atoms with Gasteiger partial charge in [0.1, 0.15) is 12.2 Å². The van der Waals surface area contributed by atoms with E-state index >= 15 is 0 Å². The summed E-state index contributed by atoms with van der Waals surface area (Å²) in [6.45, 7) is -0.108. The van der Waals surface area contributed by atoms with E-state index in [4.69, 9.17) is 0 Å². The summed E-state index contributed by atoms with van der Waals surface area (Å²) in [5, 5.41) is 7.60. The lowest BCUT2D eigenvalue weighted by molar-refractivity contribution is -0.117. The first kappa shape index (κ1) is 17.1. The maximum absolute atomic E-state index is 13.0. The van der Waals surface area contributed by atoms with Crippen LogP contribution in [-0.2, 0) is 11.3 Å². The summed E-state index contributed by atoms with van der Waals surface area (Å²) >= 11 is 3.46. The average Bonchev–Trinajstić information content (AvgIpc) is 3.38. The SMILES string of the molecule is O=C(Cn1nc(C(F)F)cc1C1CC1)Nc1ccc(Br)c2cccnc12. The van der Waals surface area contributed by atoms with Crippen LogP contribution in [-0.4, -0.2) is 20.7 Å². The van der Waals surface area contributed by atoms with Crippen LogP contribution in [0.4, 0.5) is 14.5 Å². The Morgan fingerprint density at radius 2 is 2.15 bits per heavy atom. The topological polar surface area (TPSA) is 59.8 Å². The van der Waals surface area contributed by atoms with Gasteiger partial charge < -0.3 is 5.32 Å². The van der Waals surface area contributed by atoms with E-state index in [1.54, 1.807) is 12.3 Å². The van der Waals surface area contributed by atoms with Crippen LogP contribution in [0.15, 0.2) is 41.0 Å². The third-order valence-corrected chi connectivity index (χ3v) is 5.02. The third kappa shape index (κ3) is 3.33. The van der Waals surface area contributed by atoms with Gasteiger partial charge in [-0.1, -0.05) is 22.0 Å². The number of amides is 1. The number of nitrogens with zero attached hydrogens (tertiary/aromatic N) is 3. The summed E-state index contributed by atoms with van der Waals surface area (Å²) in [7, 11) is 0. The van der Waals surface area contributed by atoms with Gasteiger partial charge in [0.25, 0.3) is 6.43 Å². The van der Waals surface area contributed by atoms with Gasteiger partial charge in [-0.25, -0.2) is 8.78 Å². The van der Waals surface area contributed by atoms with Gasteiger partial charge in [0.15, 0.2) is 0 Å². The lowest BCUT2D eigenvalue weighted by Gasteiger charge is -2.10. The molecule has 1 saturated carbocycles. The second-order valence-corrected chi connectivity index (χ2v) is 7.12. The molecular formula is C18H15BrF2N4O. The van der Waals surface area contributed by atoms with Crippen molar-refractivity contribution in [2.75, 3.05) is 5.32 Å². The first-order chi connectivity index (χ1) is 12.5. The molecule has 1 N–H and O–H groups in total. The Labute approximate surface area is 156 Å². The Hall–Kier alpha value is -2.35. The molecule has 5 nitrogen and oxygen atoms in total. The van der Waals surface area contributed by atoms with Crippen LogP contribution in [0.5, 0.6) is 0 Å². The van der Waals surface area contributed by atoms with E-state index < -0.39 is 6.43 Å². The molecule has 0 bridgehead atoms. The molecule has 26 heavy (non-hydrogen) atoms. The summed E-state index contributed by atoms with van der Waals surface area (Å²) in [5.74, 6) is -0.108. The summed E-state index contributed by atoms with van der Waals surface area (Å²) < 4.78 is 28.2. The van der Waals surface area contributed by atoms with E-state index in [0.29, 0.717) is 16.9 Å². The highest BCUT2D eigenvalue weighted by molar-refractivity contribution is 9.10. The summed E-state index contributed by atoms with van der Waals surface area (Å²) in [6, 6.07) is 8.71. The van der Waals surface area contributed by atoms with Crippen molar-refractivity contribution in [3.8, 4) is 0 Å². The van der Waals surface area contributed by atoms with E-state index in [9.17, 15) is 13.6 Å². The number of carbonyl (C=O) groups excluding carboxylic acids is 1. The first-order valence-electron chi connectivity index (χ1n) is 8.22. The molecule has 1 aliphatic carbocycles. The van der Waals surface area contributed by atoms with E-state index in [-0.39, 0.29) is 24.1 Å². The fraction of sp³-hybridized carbons (Fsp3) is 0.278. The number of pyridine rings is 1. The number of benzene rings is 1. The van der Waals surface area contributed by atoms with Crippen LogP contribution in [0.25, 0.3) is 10.9 Å². The Bertz CT molecular complexity index is 984. The predicted octanol–water partition coefficient (Wildman–Crippen LogP) is 4.65. The fourth-order valence-corrected chi connectivity index (χ4v) is 3.41. The number of hydrogen-bond acceptors (Lipinski definition) is 3. The molecule has 4 rings (SSSR count). The molecule has 8 heteroatoms. The molecule has 1 amide bonds. The largest absolute Gasteiger partial charge is 0.323 e. The fourth-order valence-electron chi connectivity index (χ4n) is 2.96. The summed E-state index contributed by atoms with van der Waals surface area (Å²) in [6.07, 6.45) is 0.892. The third-order valence-electron chi connectivity index (χ3n) is 4.33. The lowest BCUT2D eigenvalue weighted by Crippen LogP contribution is -2.21. The van der Waals surface area contributed by atoms with Gasteiger partial charge in [-0.2, -0.15) is 5.10 Å². The highest BCUT2D eigenvalue weighted by atomic mass is 79.9. The molecule has 134 valence electrons. The van der Waals surface area contributed by atoms with Gasteiger partial charge in [-0.15, -0.1) is 0 Å². The second-order valence-electron chi connectivity index (χ2n) is 6.27. The lowest BCUT2D eigenvalue weighted by atomic mass is 10.2. The number of aromatic nitrogens is 3. The predicted molar refractivity (Wildman–Crippen MR) is 97.2 cm³/mol. The average molecular weight is 421 g/mol. The van der Waals surface area contributed by atoms with Gasteiger partial charge in [-0.05, 0) is 37.1 Å². The maximum atomic E-state index is 13.0. The number of alkyl halides is 2. The van der Waals surface area contributed by atoms with Crippen LogP contribution in [0, 0.1) is 0 Å². The van der Waals surface area contributed by atoms with Gasteiger partial charge in [0.05, 0.1) is 11.2 Å². The van der Waals surface area contributed by atoms with Crippen molar-refractivity contribution in [1.82, 2.24) is 14.8 Å². The highest BCUT2D eigenvalue weighted by Gasteiger charge is 2.30. The van der Waals surface area contributed by atoms with Crippen LogP contribution >= 0.6 is 15.9 Å². The quantitative estimate of drug-likeness (QED) is 0.653. The van der Waals surface area contributed by atoms with Crippen molar-refractivity contribution in [1.29, 1.82) is 0 Å². The van der Waals surface area contributed by atoms with Crippen molar-refractivity contribution >= 4 is 38.4 Å². The molecule has 0 atom stereocenters. The van der Waals surface area contributed by atoms with Crippen molar-refractivity contribution in [3.05, 3.63) is 52.4 Å². The number of hydrogen-bond donors (Lipinski definition) is 1. The van der Waals surface area contributed by atoms with Crippen molar-refractivity contribution in [3.63, 3.8) is 0 Å². The molecule has 1 aromatic carbocycles. The molecule has 0 spiro atoms. The second kappa shape index (κ2) is 6.75. The summed E-state index contributed by atoms with van der Waals surface area (Å²) in [4.78, 5) is 16.8. The van der Waals surface area contributed by atoms with Crippen LogP contribution in [0.1, 0.15) is 36.6 Å². The standard InChI is InChI=1S/C18H15BrF2N4O/c19-12-5-6-13(17-11(12)2-1-7-22-17)23-16(26)9-25-15(10-3-4-10)8-14(24-25)18(20)21/h1-2,5-8,10,18H,3-4,9H2,(H,23,26). The number of halogens is 3.